The third kappa shape index (κ3) is 5.46. The van der Waals surface area contributed by atoms with Crippen molar-refractivity contribution in [3.8, 4) is 0 Å². The van der Waals surface area contributed by atoms with Crippen molar-refractivity contribution in [2.24, 2.45) is 0 Å². The molecule has 0 aliphatic rings. The Morgan fingerprint density at radius 1 is 0.600 bits per heavy atom. The van der Waals surface area contributed by atoms with E-state index in [9.17, 15) is 0 Å². The second-order valence-corrected chi connectivity index (χ2v) is 12.5. The third-order valence-electron chi connectivity index (χ3n) is 3.69. The van der Waals surface area contributed by atoms with E-state index in [-0.39, 0.29) is 0 Å². The Bertz CT molecular complexity index is 637. The predicted octanol–water partition coefficient (Wildman–Crippen LogP) is 4.54. The van der Waals surface area contributed by atoms with Crippen molar-refractivity contribution in [2.45, 2.75) is 6.10 Å². The number of hydrogen-bond donors (Lipinski definition) is 4. The van der Waals surface area contributed by atoms with E-state index < -0.39 is 6.10 Å². The molecule has 140 valence electrons. The molecule has 0 N–H and O–H groups in total. The number of hydrogen-bond acceptors (Lipinski definition) is 6. The Labute approximate surface area is 179 Å². The summed E-state index contributed by atoms with van der Waals surface area (Å²) >= 11 is 20.3. The zero-order valence-corrected chi connectivity index (χ0v) is 19.2. The summed E-state index contributed by atoms with van der Waals surface area (Å²) in [7, 11) is 8.07. The van der Waals surface area contributed by atoms with Crippen LogP contribution in [0.2, 0.25) is 0 Å². The van der Waals surface area contributed by atoms with Crippen LogP contribution in [0.3, 0.4) is 0 Å². The second-order valence-electron chi connectivity index (χ2n) is 6.05. The van der Waals surface area contributed by atoms with Crippen molar-refractivity contribution < 1.29 is 14.4 Å². The molecule has 25 heavy (non-hydrogen) atoms. The van der Waals surface area contributed by atoms with Crippen LogP contribution in [0.15, 0.2) is 48.5 Å². The van der Waals surface area contributed by atoms with E-state index in [4.69, 9.17) is 50.5 Å². The molecule has 7 heteroatoms. The average Bonchev–Trinajstić information content (AvgIpc) is 2.54. The summed E-state index contributed by atoms with van der Waals surface area (Å²) in [6.45, 7) is 0. The first kappa shape index (κ1) is 21.2. The van der Waals surface area contributed by atoms with Gasteiger partial charge in [0.15, 0.2) is 0 Å². The van der Waals surface area contributed by atoms with Crippen LogP contribution in [-0.2, 0) is 20.5 Å². The SMILES string of the molecule is CN(C)c1ccc([C](S)(S)[Ni][C](S)(S)c2ccc(N(C)C)cc2)cc1. The molecule has 0 atom stereocenters. The van der Waals surface area contributed by atoms with Crippen molar-refractivity contribution in [1.29, 1.82) is 0 Å². The van der Waals surface area contributed by atoms with Crippen molar-refractivity contribution >= 4 is 61.9 Å². The van der Waals surface area contributed by atoms with Crippen LogP contribution in [0.1, 0.15) is 11.1 Å². The maximum atomic E-state index is 4.78. The summed E-state index contributed by atoms with van der Waals surface area (Å²) in [5.74, 6) is 0. The van der Waals surface area contributed by atoms with Gasteiger partial charge in [-0.3, -0.25) is 0 Å². The Kier molecular flexibility index (Phi) is 7.05. The van der Waals surface area contributed by atoms with E-state index in [1.807, 2.05) is 52.5 Å². The van der Waals surface area contributed by atoms with E-state index in [0.29, 0.717) is 0 Å². The molecule has 0 amide bonds. The van der Waals surface area contributed by atoms with Crippen LogP contribution in [0.25, 0.3) is 0 Å². The molecule has 0 spiro atoms. The van der Waals surface area contributed by atoms with Gasteiger partial charge < -0.3 is 0 Å². The van der Waals surface area contributed by atoms with Crippen molar-refractivity contribution in [3.63, 3.8) is 0 Å². The predicted molar refractivity (Wildman–Crippen MR) is 121 cm³/mol. The van der Waals surface area contributed by atoms with E-state index >= 15 is 0 Å². The molecule has 0 aliphatic carbocycles. The molecule has 2 aromatic carbocycles. The van der Waals surface area contributed by atoms with Gasteiger partial charge in [0.05, 0.1) is 0 Å². The molecule has 0 heterocycles. The molecule has 0 saturated heterocycles. The van der Waals surface area contributed by atoms with Gasteiger partial charge in [-0.2, -0.15) is 0 Å². The summed E-state index contributed by atoms with van der Waals surface area (Å²) in [6.07, 6.45) is 0. The van der Waals surface area contributed by atoms with Crippen molar-refractivity contribution in [2.75, 3.05) is 38.0 Å². The van der Waals surface area contributed by atoms with Crippen LogP contribution in [-0.4, -0.2) is 28.2 Å². The fourth-order valence-electron chi connectivity index (χ4n) is 2.17. The number of thiol groups is 4. The maximum absolute atomic E-state index is 4.78. The molecule has 0 aliphatic heterocycles. The molecule has 0 unspecified atom stereocenters. The van der Waals surface area contributed by atoms with Gasteiger partial charge >= 0.3 is 180 Å². The molecule has 2 nitrogen and oxygen atoms in total. The van der Waals surface area contributed by atoms with Crippen LogP contribution >= 0.6 is 50.5 Å². The molecule has 2 aromatic rings. The normalized spacial score (nSPS) is 12.3. The molecule has 0 fully saturated rings. The van der Waals surface area contributed by atoms with Gasteiger partial charge in [-0.1, -0.05) is 0 Å². The van der Waals surface area contributed by atoms with Gasteiger partial charge in [0.25, 0.3) is 0 Å². The molecular formula is C18H24N2NiS4. The van der Waals surface area contributed by atoms with Crippen molar-refractivity contribution in [3.05, 3.63) is 59.7 Å². The fourth-order valence-corrected chi connectivity index (χ4v) is 6.53. The van der Waals surface area contributed by atoms with E-state index in [1.165, 1.54) is 14.4 Å². The molecular weight excluding hydrogens is 431 g/mol. The molecule has 2 rings (SSSR count). The number of rotatable bonds is 6. The first-order chi connectivity index (χ1) is 11.5. The molecule has 0 bridgehead atoms. The van der Waals surface area contributed by atoms with Gasteiger partial charge in [-0.15, -0.1) is 0 Å². The summed E-state index contributed by atoms with van der Waals surface area (Å²) in [5.41, 5.74) is 4.27. The van der Waals surface area contributed by atoms with Crippen LogP contribution in [0.4, 0.5) is 11.4 Å². The number of anilines is 2. The third-order valence-corrected chi connectivity index (χ3v) is 7.14. The number of nitrogens with zero attached hydrogens (tertiary/aromatic N) is 2. The molecule has 0 radical (unpaired) electrons. The molecule has 0 aromatic heterocycles. The van der Waals surface area contributed by atoms with Gasteiger partial charge in [-0.05, 0) is 0 Å². The average molecular weight is 455 g/mol. The van der Waals surface area contributed by atoms with Crippen LogP contribution in [0.5, 0.6) is 0 Å². The second kappa shape index (κ2) is 8.30. The van der Waals surface area contributed by atoms with E-state index in [1.54, 1.807) is 0 Å². The Morgan fingerprint density at radius 2 is 0.880 bits per heavy atom. The van der Waals surface area contributed by atoms with Crippen molar-refractivity contribution in [1.82, 2.24) is 0 Å². The summed E-state index contributed by atoms with van der Waals surface area (Å²) < 4.78 is -1.41. The first-order valence-electron chi connectivity index (χ1n) is 7.59. The monoisotopic (exact) mass is 454 g/mol. The van der Waals surface area contributed by atoms with Gasteiger partial charge in [0, 0.05) is 0 Å². The van der Waals surface area contributed by atoms with Crippen LogP contribution < -0.4 is 9.80 Å². The summed E-state index contributed by atoms with van der Waals surface area (Å²) in [6, 6.07) is 16.4. The Morgan fingerprint density at radius 3 is 1.12 bits per heavy atom. The van der Waals surface area contributed by atoms with E-state index in [2.05, 4.69) is 34.1 Å². The topological polar surface area (TPSA) is 6.48 Å². The quantitative estimate of drug-likeness (QED) is 0.289. The zero-order chi connectivity index (χ0) is 18.8. The van der Waals surface area contributed by atoms with Gasteiger partial charge in [0.1, 0.15) is 0 Å². The number of benzene rings is 2. The minimum atomic E-state index is -0.707. The minimum absolute atomic E-state index is 0.707. The van der Waals surface area contributed by atoms with Gasteiger partial charge in [0.2, 0.25) is 0 Å². The standard InChI is InChI=1S/2C9H12NS2.Ni/c2*1-10(2)8-5-3-7(4-6-8)9(11)12;/h2*3-6,11-12H,1-2H3;. The summed E-state index contributed by atoms with van der Waals surface area (Å²) in [5, 5.41) is 0. The van der Waals surface area contributed by atoms with Gasteiger partial charge in [-0.25, -0.2) is 0 Å². The Hall–Kier alpha value is -0.0665. The zero-order valence-electron chi connectivity index (χ0n) is 14.6. The fraction of sp³-hybridized carbons (Fsp3) is 0.333. The first-order valence-corrected chi connectivity index (χ1v) is 10.4. The Balaban J connectivity index is 2.22. The summed E-state index contributed by atoms with van der Waals surface area (Å²) in [4.78, 5) is 4.12. The van der Waals surface area contributed by atoms with Crippen LogP contribution in [0, 0.1) is 0 Å². The van der Waals surface area contributed by atoms with E-state index in [0.717, 1.165) is 22.5 Å². The molecule has 0 saturated carbocycles.